The molecule has 6 nitrogen and oxygen atoms in total. The molecule has 1 fully saturated rings. The van der Waals surface area contributed by atoms with Gasteiger partial charge in [-0.15, -0.1) is 0 Å². The van der Waals surface area contributed by atoms with Crippen LogP contribution in [0.4, 0.5) is 4.79 Å². The summed E-state index contributed by atoms with van der Waals surface area (Å²) in [6.45, 7) is 1.99. The van der Waals surface area contributed by atoms with Gasteiger partial charge in [-0.2, -0.15) is 5.10 Å². The van der Waals surface area contributed by atoms with Crippen LogP contribution in [0.15, 0.2) is 66.9 Å². The van der Waals surface area contributed by atoms with Crippen LogP contribution in [0.25, 0.3) is 28.0 Å². The lowest BCUT2D eigenvalue weighted by Gasteiger charge is -2.42. The van der Waals surface area contributed by atoms with Gasteiger partial charge < -0.3 is 10.4 Å². The molecule has 0 atom stereocenters. The Morgan fingerprint density at radius 3 is 2.43 bits per heavy atom. The highest BCUT2D eigenvalue weighted by molar-refractivity contribution is 5.82. The van der Waals surface area contributed by atoms with Gasteiger partial charge in [0.05, 0.1) is 23.1 Å². The van der Waals surface area contributed by atoms with Crippen LogP contribution >= 0.6 is 0 Å². The molecule has 1 aliphatic carbocycles. The minimum Gasteiger partial charge on any atom is -0.465 e. The maximum atomic E-state index is 11.3. The average Bonchev–Trinajstić information content (AvgIpc) is 3.10. The van der Waals surface area contributed by atoms with Crippen molar-refractivity contribution >= 4 is 11.7 Å². The zero-order chi connectivity index (χ0) is 20.7. The number of aromatic nitrogens is 3. The molecule has 0 aliphatic heterocycles. The van der Waals surface area contributed by atoms with E-state index in [9.17, 15) is 9.90 Å². The number of hydrogen-bond donors (Lipinski definition) is 2. The molecule has 0 saturated heterocycles. The van der Waals surface area contributed by atoms with Crippen molar-refractivity contribution in [2.24, 2.45) is 0 Å². The second-order valence-corrected chi connectivity index (χ2v) is 7.89. The Kier molecular flexibility index (Phi) is 4.28. The molecule has 2 aromatic heterocycles. The highest BCUT2D eigenvalue weighted by atomic mass is 16.4. The van der Waals surface area contributed by atoms with Gasteiger partial charge in [-0.05, 0) is 43.4 Å². The van der Waals surface area contributed by atoms with Crippen molar-refractivity contribution in [3.8, 4) is 22.4 Å². The quantitative estimate of drug-likeness (QED) is 0.506. The van der Waals surface area contributed by atoms with Gasteiger partial charge in [-0.25, -0.2) is 14.3 Å². The maximum absolute atomic E-state index is 11.3. The Balaban J connectivity index is 1.62. The van der Waals surface area contributed by atoms with E-state index in [1.165, 1.54) is 0 Å². The minimum absolute atomic E-state index is 0.467. The lowest BCUT2D eigenvalue weighted by molar-refractivity contribution is 0.144. The van der Waals surface area contributed by atoms with Crippen LogP contribution in [0.3, 0.4) is 0 Å². The summed E-state index contributed by atoms with van der Waals surface area (Å²) in [5.41, 5.74) is 6.27. The van der Waals surface area contributed by atoms with E-state index in [0.717, 1.165) is 58.6 Å². The third kappa shape index (κ3) is 3.01. The van der Waals surface area contributed by atoms with E-state index >= 15 is 0 Å². The zero-order valence-corrected chi connectivity index (χ0v) is 16.7. The Hall–Kier alpha value is -3.67. The summed E-state index contributed by atoms with van der Waals surface area (Å²) in [5.74, 6) is 0. The van der Waals surface area contributed by atoms with Crippen molar-refractivity contribution in [2.45, 2.75) is 31.7 Å². The first-order valence-corrected chi connectivity index (χ1v) is 10.1. The number of rotatable bonds is 4. The van der Waals surface area contributed by atoms with Crippen molar-refractivity contribution in [1.82, 2.24) is 19.9 Å². The highest BCUT2D eigenvalue weighted by Gasteiger charge is 2.40. The summed E-state index contributed by atoms with van der Waals surface area (Å²) in [5, 5.41) is 16.9. The van der Waals surface area contributed by atoms with Gasteiger partial charge >= 0.3 is 6.09 Å². The third-order valence-electron chi connectivity index (χ3n) is 6.01. The predicted octanol–water partition coefficient (Wildman–Crippen LogP) is 5.02. The number of hydrogen-bond acceptors (Lipinski definition) is 3. The molecule has 2 aromatic carbocycles. The molecule has 2 N–H and O–H groups in total. The van der Waals surface area contributed by atoms with Gasteiger partial charge in [-0.1, -0.05) is 54.6 Å². The summed E-state index contributed by atoms with van der Waals surface area (Å²) in [7, 11) is 0. The first kappa shape index (κ1) is 18.4. The smallest absolute Gasteiger partial charge is 0.405 e. The fraction of sp³-hybridized carbons (Fsp3) is 0.208. The van der Waals surface area contributed by atoms with Gasteiger partial charge in [0, 0.05) is 11.1 Å². The standard InChI is InChI=1S/C24H22N4O2/c1-16-15-25-21-14-20(17-6-3-2-4-7-17)22(27-28(16)21)18-8-10-19(11-9-18)24(12-5-13-24)26-23(29)30/h2-4,6-11,14-15,26H,5,12-13H2,1H3,(H,29,30). The SMILES string of the molecule is Cc1cnc2cc(-c3ccccc3)c(-c3ccc(C4(NC(=O)O)CCC4)cc3)nn12. The van der Waals surface area contributed by atoms with Gasteiger partial charge in [0.25, 0.3) is 0 Å². The average molecular weight is 398 g/mol. The van der Waals surface area contributed by atoms with Crippen molar-refractivity contribution in [3.63, 3.8) is 0 Å². The Morgan fingerprint density at radius 2 is 1.80 bits per heavy atom. The van der Waals surface area contributed by atoms with E-state index in [-0.39, 0.29) is 0 Å². The van der Waals surface area contributed by atoms with E-state index in [0.29, 0.717) is 0 Å². The van der Waals surface area contributed by atoms with Crippen molar-refractivity contribution < 1.29 is 9.90 Å². The molecule has 0 bridgehead atoms. The number of fused-ring (bicyclic) bond motifs is 1. The molecule has 5 rings (SSSR count). The van der Waals surface area contributed by atoms with Crippen LogP contribution in [-0.2, 0) is 5.54 Å². The summed E-state index contributed by atoms with van der Waals surface area (Å²) in [6.07, 6.45) is 3.52. The number of aryl methyl sites for hydroxylation is 1. The third-order valence-corrected chi connectivity index (χ3v) is 6.01. The number of benzene rings is 2. The number of amides is 1. The largest absolute Gasteiger partial charge is 0.465 e. The second-order valence-electron chi connectivity index (χ2n) is 7.89. The normalized spacial score (nSPS) is 15.0. The molecule has 0 spiro atoms. The first-order valence-electron chi connectivity index (χ1n) is 10.1. The fourth-order valence-electron chi connectivity index (χ4n) is 4.25. The number of carbonyl (C=O) groups is 1. The van der Waals surface area contributed by atoms with Crippen LogP contribution in [-0.4, -0.2) is 25.8 Å². The summed E-state index contributed by atoms with van der Waals surface area (Å²) >= 11 is 0. The van der Waals surface area contributed by atoms with E-state index in [1.54, 1.807) is 0 Å². The molecule has 4 aromatic rings. The topological polar surface area (TPSA) is 79.5 Å². The van der Waals surface area contributed by atoms with Gasteiger partial charge in [0.15, 0.2) is 5.65 Å². The Bertz CT molecular complexity index is 1230. The van der Waals surface area contributed by atoms with Crippen LogP contribution in [0.2, 0.25) is 0 Å². The lowest BCUT2D eigenvalue weighted by atomic mass is 9.71. The van der Waals surface area contributed by atoms with E-state index in [4.69, 9.17) is 5.10 Å². The van der Waals surface area contributed by atoms with Gasteiger partial charge in [-0.3, -0.25) is 0 Å². The Labute approximate surface area is 174 Å². The molecule has 1 aliphatic rings. The molecule has 150 valence electrons. The van der Waals surface area contributed by atoms with E-state index < -0.39 is 11.6 Å². The number of carboxylic acid groups (broad SMARTS) is 1. The fourth-order valence-corrected chi connectivity index (χ4v) is 4.25. The number of imidazole rings is 1. The van der Waals surface area contributed by atoms with Crippen molar-refractivity contribution in [3.05, 3.63) is 78.1 Å². The molecule has 1 amide bonds. The van der Waals surface area contributed by atoms with Crippen molar-refractivity contribution in [1.29, 1.82) is 0 Å². The highest BCUT2D eigenvalue weighted by Crippen LogP contribution is 2.42. The Morgan fingerprint density at radius 1 is 1.07 bits per heavy atom. The summed E-state index contributed by atoms with van der Waals surface area (Å²) in [6, 6.07) is 20.3. The molecule has 0 unspecified atom stereocenters. The van der Waals surface area contributed by atoms with Gasteiger partial charge in [0.2, 0.25) is 0 Å². The predicted molar refractivity (Wildman–Crippen MR) is 115 cm³/mol. The van der Waals surface area contributed by atoms with Crippen LogP contribution in [0.1, 0.15) is 30.5 Å². The van der Waals surface area contributed by atoms with Crippen LogP contribution in [0.5, 0.6) is 0 Å². The summed E-state index contributed by atoms with van der Waals surface area (Å²) < 4.78 is 1.86. The van der Waals surface area contributed by atoms with Crippen LogP contribution in [0, 0.1) is 6.92 Å². The summed E-state index contributed by atoms with van der Waals surface area (Å²) in [4.78, 5) is 15.7. The molecule has 1 saturated carbocycles. The first-order chi connectivity index (χ1) is 14.6. The van der Waals surface area contributed by atoms with Crippen LogP contribution < -0.4 is 5.32 Å². The molecule has 0 radical (unpaired) electrons. The number of nitrogens with one attached hydrogen (secondary N) is 1. The van der Waals surface area contributed by atoms with Crippen molar-refractivity contribution in [2.75, 3.05) is 0 Å². The lowest BCUT2D eigenvalue weighted by Crippen LogP contribution is -2.50. The van der Waals surface area contributed by atoms with Gasteiger partial charge in [0.1, 0.15) is 0 Å². The molecular weight excluding hydrogens is 376 g/mol. The molecule has 6 heteroatoms. The van der Waals surface area contributed by atoms with E-state index in [1.807, 2.05) is 60.1 Å². The zero-order valence-electron chi connectivity index (χ0n) is 16.7. The monoisotopic (exact) mass is 398 g/mol. The number of nitrogens with zero attached hydrogens (tertiary/aromatic N) is 3. The second kappa shape index (κ2) is 6.99. The minimum atomic E-state index is -0.979. The maximum Gasteiger partial charge on any atom is 0.405 e. The molecule has 2 heterocycles. The molecule has 30 heavy (non-hydrogen) atoms. The molecular formula is C24H22N4O2. The van der Waals surface area contributed by atoms with E-state index in [2.05, 4.69) is 28.5 Å².